The van der Waals surface area contributed by atoms with Crippen LogP contribution in [0.15, 0.2) is 0 Å². The van der Waals surface area contributed by atoms with Gasteiger partial charge in [-0.25, -0.2) is 0 Å². The van der Waals surface area contributed by atoms with Crippen LogP contribution >= 0.6 is 0 Å². The van der Waals surface area contributed by atoms with E-state index >= 15 is 0 Å². The van der Waals surface area contributed by atoms with Crippen molar-refractivity contribution >= 4 is 5.91 Å². The van der Waals surface area contributed by atoms with E-state index < -0.39 is 0 Å². The normalized spacial score (nSPS) is 27.3. The number of hydrogen-bond donors (Lipinski definition) is 1. The van der Waals surface area contributed by atoms with Crippen molar-refractivity contribution in [3.63, 3.8) is 0 Å². The molecule has 2 fully saturated rings. The smallest absolute Gasteiger partial charge is 0.224 e. The van der Waals surface area contributed by atoms with Gasteiger partial charge >= 0.3 is 0 Å². The molecule has 3 heteroatoms. The monoisotopic (exact) mass is 224 g/mol. The zero-order valence-electron chi connectivity index (χ0n) is 10.6. The average molecular weight is 224 g/mol. The first-order valence-electron chi connectivity index (χ1n) is 6.47. The molecule has 3 nitrogen and oxygen atoms in total. The summed E-state index contributed by atoms with van der Waals surface area (Å²) in [5.74, 6) is 0.273. The zero-order chi connectivity index (χ0) is 11.8. The van der Waals surface area contributed by atoms with Gasteiger partial charge in [-0.15, -0.1) is 0 Å². The molecule has 0 unspecified atom stereocenters. The van der Waals surface area contributed by atoms with Crippen molar-refractivity contribution < 1.29 is 4.79 Å². The lowest BCUT2D eigenvalue weighted by atomic mass is 9.92. The van der Waals surface area contributed by atoms with Crippen LogP contribution in [0, 0.1) is 5.41 Å². The van der Waals surface area contributed by atoms with Crippen molar-refractivity contribution in [3.8, 4) is 0 Å². The van der Waals surface area contributed by atoms with Gasteiger partial charge in [-0.3, -0.25) is 4.79 Å². The summed E-state index contributed by atoms with van der Waals surface area (Å²) in [6.45, 7) is 6.28. The molecular weight excluding hydrogens is 200 g/mol. The van der Waals surface area contributed by atoms with E-state index in [0.29, 0.717) is 11.8 Å². The van der Waals surface area contributed by atoms with Crippen LogP contribution in [0.2, 0.25) is 0 Å². The Labute approximate surface area is 98.4 Å². The van der Waals surface area contributed by atoms with Crippen LogP contribution in [0.4, 0.5) is 0 Å². The van der Waals surface area contributed by atoms with Crippen LogP contribution in [0.3, 0.4) is 0 Å². The van der Waals surface area contributed by atoms with E-state index in [1.807, 2.05) is 4.90 Å². The molecule has 2 aliphatic rings. The minimum absolute atomic E-state index is 0.191. The third kappa shape index (κ3) is 2.57. The van der Waals surface area contributed by atoms with Crippen LogP contribution in [0.25, 0.3) is 0 Å². The number of likely N-dealkylation sites (tertiary alicyclic amines) is 1. The van der Waals surface area contributed by atoms with Crippen LogP contribution < -0.4 is 5.73 Å². The maximum atomic E-state index is 12.1. The van der Waals surface area contributed by atoms with Crippen molar-refractivity contribution in [1.82, 2.24) is 4.90 Å². The van der Waals surface area contributed by atoms with Crippen molar-refractivity contribution in [2.24, 2.45) is 11.1 Å². The van der Waals surface area contributed by atoms with E-state index in [-0.39, 0.29) is 11.4 Å². The third-order valence-electron chi connectivity index (χ3n) is 4.13. The highest BCUT2D eigenvalue weighted by Crippen LogP contribution is 2.33. The summed E-state index contributed by atoms with van der Waals surface area (Å²) < 4.78 is 0. The molecule has 0 aromatic rings. The molecule has 1 saturated carbocycles. The summed E-state index contributed by atoms with van der Waals surface area (Å²) >= 11 is 0. The fourth-order valence-corrected chi connectivity index (χ4v) is 2.99. The molecule has 0 aromatic heterocycles. The molecular formula is C13H24N2O. The Hall–Kier alpha value is -0.570. The Balaban J connectivity index is 1.89. The van der Waals surface area contributed by atoms with Gasteiger partial charge in [-0.1, -0.05) is 26.7 Å². The summed E-state index contributed by atoms with van der Waals surface area (Å²) in [6, 6.07) is 0. The predicted octanol–water partition coefficient (Wildman–Crippen LogP) is 1.91. The first kappa shape index (κ1) is 11.9. The predicted molar refractivity (Wildman–Crippen MR) is 65.0 cm³/mol. The largest absolute Gasteiger partial charge is 0.342 e. The van der Waals surface area contributed by atoms with E-state index in [1.165, 1.54) is 12.8 Å². The standard InChI is InChI=1S/C13H24N2O/c1-12(2)7-8-15(10-12)11(16)9-13(14)5-3-4-6-13/h3-10,14H2,1-2H3. The summed E-state index contributed by atoms with van der Waals surface area (Å²) in [5.41, 5.74) is 6.36. The molecule has 1 heterocycles. The van der Waals surface area contributed by atoms with Gasteiger partial charge in [-0.2, -0.15) is 0 Å². The molecule has 0 radical (unpaired) electrons. The fourth-order valence-electron chi connectivity index (χ4n) is 2.99. The van der Waals surface area contributed by atoms with Crippen LogP contribution in [0.1, 0.15) is 52.4 Å². The van der Waals surface area contributed by atoms with Gasteiger partial charge in [0, 0.05) is 25.0 Å². The molecule has 2 N–H and O–H groups in total. The quantitative estimate of drug-likeness (QED) is 0.778. The first-order chi connectivity index (χ1) is 7.40. The second-order valence-electron chi connectivity index (χ2n) is 6.48. The molecule has 16 heavy (non-hydrogen) atoms. The number of carbonyl (C=O) groups is 1. The highest BCUT2D eigenvalue weighted by atomic mass is 16.2. The molecule has 2 rings (SSSR count). The molecule has 1 saturated heterocycles. The average Bonchev–Trinajstić information content (AvgIpc) is 2.72. The van der Waals surface area contributed by atoms with E-state index in [2.05, 4.69) is 13.8 Å². The summed E-state index contributed by atoms with van der Waals surface area (Å²) in [5, 5.41) is 0. The second-order valence-corrected chi connectivity index (χ2v) is 6.48. The van der Waals surface area contributed by atoms with Crippen LogP contribution in [-0.2, 0) is 4.79 Å². The molecule has 0 bridgehead atoms. The maximum Gasteiger partial charge on any atom is 0.224 e. The topological polar surface area (TPSA) is 46.3 Å². The van der Waals surface area contributed by atoms with E-state index in [0.717, 1.165) is 32.4 Å². The van der Waals surface area contributed by atoms with Gasteiger partial charge in [0.1, 0.15) is 0 Å². The molecule has 1 aliphatic carbocycles. The van der Waals surface area contributed by atoms with Crippen molar-refractivity contribution in [2.75, 3.05) is 13.1 Å². The second kappa shape index (κ2) is 4.02. The van der Waals surface area contributed by atoms with Gasteiger partial charge < -0.3 is 10.6 Å². The molecule has 0 spiro atoms. The Kier molecular flexibility index (Phi) is 2.99. The fraction of sp³-hybridized carbons (Fsp3) is 0.923. The minimum Gasteiger partial charge on any atom is -0.342 e. The van der Waals surface area contributed by atoms with Gasteiger partial charge in [0.15, 0.2) is 0 Å². The molecule has 0 atom stereocenters. The highest BCUT2D eigenvalue weighted by molar-refractivity contribution is 5.77. The van der Waals surface area contributed by atoms with E-state index in [9.17, 15) is 4.79 Å². The highest BCUT2D eigenvalue weighted by Gasteiger charge is 2.37. The van der Waals surface area contributed by atoms with Gasteiger partial charge in [0.05, 0.1) is 0 Å². The Morgan fingerprint density at radius 1 is 1.25 bits per heavy atom. The number of nitrogens with zero attached hydrogens (tertiary/aromatic N) is 1. The summed E-state index contributed by atoms with van der Waals surface area (Å²) in [4.78, 5) is 14.1. The lowest BCUT2D eigenvalue weighted by molar-refractivity contribution is -0.131. The van der Waals surface area contributed by atoms with Gasteiger partial charge in [0.2, 0.25) is 5.91 Å². The van der Waals surface area contributed by atoms with Crippen LogP contribution in [-0.4, -0.2) is 29.4 Å². The number of nitrogens with two attached hydrogens (primary N) is 1. The molecule has 0 aromatic carbocycles. The molecule has 92 valence electrons. The van der Waals surface area contributed by atoms with Crippen molar-refractivity contribution in [3.05, 3.63) is 0 Å². The first-order valence-corrected chi connectivity index (χ1v) is 6.47. The Morgan fingerprint density at radius 3 is 2.38 bits per heavy atom. The van der Waals surface area contributed by atoms with Crippen molar-refractivity contribution in [2.45, 2.75) is 57.9 Å². The molecule has 1 amide bonds. The number of amides is 1. The van der Waals surface area contributed by atoms with Gasteiger partial charge in [-0.05, 0) is 24.7 Å². The Bertz CT molecular complexity index is 280. The van der Waals surface area contributed by atoms with Crippen LogP contribution in [0.5, 0.6) is 0 Å². The van der Waals surface area contributed by atoms with Crippen molar-refractivity contribution in [1.29, 1.82) is 0 Å². The van der Waals surface area contributed by atoms with Gasteiger partial charge in [0.25, 0.3) is 0 Å². The lowest BCUT2D eigenvalue weighted by Gasteiger charge is -2.27. The number of carbonyl (C=O) groups excluding carboxylic acids is 1. The summed E-state index contributed by atoms with van der Waals surface area (Å²) in [6.07, 6.45) is 6.11. The lowest BCUT2D eigenvalue weighted by Crippen LogP contribution is -2.43. The molecule has 1 aliphatic heterocycles. The van der Waals surface area contributed by atoms with E-state index in [4.69, 9.17) is 5.73 Å². The third-order valence-corrected chi connectivity index (χ3v) is 4.13. The van der Waals surface area contributed by atoms with E-state index in [1.54, 1.807) is 0 Å². The zero-order valence-corrected chi connectivity index (χ0v) is 10.6. The minimum atomic E-state index is -0.191. The maximum absolute atomic E-state index is 12.1. The Morgan fingerprint density at radius 2 is 1.88 bits per heavy atom. The number of hydrogen-bond acceptors (Lipinski definition) is 2. The number of rotatable bonds is 2. The SMILES string of the molecule is CC1(C)CCN(C(=O)CC2(N)CCCC2)C1. The summed E-state index contributed by atoms with van der Waals surface area (Å²) in [7, 11) is 0.